The quantitative estimate of drug-likeness (QED) is 0.841. The molecule has 1 saturated carbocycles. The number of halogens is 1. The largest absolute Gasteiger partial charge is 0.298 e. The molecule has 0 saturated heterocycles. The highest BCUT2D eigenvalue weighted by Gasteiger charge is 2.28. The fourth-order valence-corrected chi connectivity index (χ4v) is 4.01. The van der Waals surface area contributed by atoms with Gasteiger partial charge in [-0.05, 0) is 31.0 Å². The van der Waals surface area contributed by atoms with E-state index in [9.17, 15) is 9.00 Å². The first-order valence-corrected chi connectivity index (χ1v) is 7.38. The second-order valence-electron chi connectivity index (χ2n) is 3.96. The first-order chi connectivity index (χ1) is 7.68. The number of carbonyl (C=O) groups is 1. The molecule has 0 spiro atoms. The Bertz CT molecular complexity index is 431. The van der Waals surface area contributed by atoms with Crippen molar-refractivity contribution in [1.29, 1.82) is 0 Å². The van der Waals surface area contributed by atoms with Crippen LogP contribution in [0.1, 0.15) is 25.7 Å². The minimum absolute atomic E-state index is 0.157. The van der Waals surface area contributed by atoms with Crippen molar-refractivity contribution in [3.63, 3.8) is 0 Å². The zero-order valence-electron chi connectivity index (χ0n) is 8.82. The van der Waals surface area contributed by atoms with E-state index in [2.05, 4.69) is 15.9 Å². The number of carbonyl (C=O) groups excluding carboxylic acids is 1. The molecule has 1 aliphatic carbocycles. The fraction of sp³-hybridized carbons (Fsp3) is 0.417. The van der Waals surface area contributed by atoms with Crippen LogP contribution in [0.5, 0.6) is 0 Å². The van der Waals surface area contributed by atoms with Crippen LogP contribution in [0.2, 0.25) is 0 Å². The van der Waals surface area contributed by atoms with E-state index >= 15 is 0 Å². The van der Waals surface area contributed by atoms with E-state index in [1.807, 2.05) is 24.3 Å². The van der Waals surface area contributed by atoms with Gasteiger partial charge in [-0.15, -0.1) is 0 Å². The Labute approximate surface area is 106 Å². The Morgan fingerprint density at radius 2 is 2.12 bits per heavy atom. The third-order valence-corrected chi connectivity index (χ3v) is 5.01. The molecule has 4 heteroatoms. The topological polar surface area (TPSA) is 34.1 Å². The lowest BCUT2D eigenvalue weighted by Gasteiger charge is -2.19. The van der Waals surface area contributed by atoms with Crippen LogP contribution in [0.15, 0.2) is 33.6 Å². The molecule has 0 radical (unpaired) electrons. The summed E-state index contributed by atoms with van der Waals surface area (Å²) >= 11 is 3.35. The summed E-state index contributed by atoms with van der Waals surface area (Å²) in [6, 6.07) is 7.40. The smallest absolute Gasteiger partial charge is 0.148 e. The van der Waals surface area contributed by atoms with Crippen molar-refractivity contribution >= 4 is 32.5 Å². The van der Waals surface area contributed by atoms with Gasteiger partial charge >= 0.3 is 0 Å². The van der Waals surface area contributed by atoms with Crippen LogP contribution in [0.3, 0.4) is 0 Å². The molecule has 0 aromatic heterocycles. The van der Waals surface area contributed by atoms with Gasteiger partial charge in [-0.2, -0.15) is 0 Å². The molecule has 0 N–H and O–H groups in total. The minimum atomic E-state index is -1.19. The highest BCUT2D eigenvalue weighted by Crippen LogP contribution is 2.24. The summed E-state index contributed by atoms with van der Waals surface area (Å²) < 4.78 is 13.1. The SMILES string of the molecule is O=C1CCCCC1S(=O)c1cccc(Br)c1. The maximum Gasteiger partial charge on any atom is 0.148 e. The van der Waals surface area contributed by atoms with Crippen molar-refractivity contribution in [3.8, 4) is 0 Å². The number of hydrogen-bond donors (Lipinski definition) is 0. The summed E-state index contributed by atoms with van der Waals surface area (Å²) in [6.07, 6.45) is 3.31. The molecule has 1 fully saturated rings. The van der Waals surface area contributed by atoms with Gasteiger partial charge in [0.15, 0.2) is 0 Å². The molecule has 0 aliphatic heterocycles. The van der Waals surface area contributed by atoms with E-state index < -0.39 is 10.8 Å². The van der Waals surface area contributed by atoms with Crippen molar-refractivity contribution in [2.75, 3.05) is 0 Å². The van der Waals surface area contributed by atoms with Crippen molar-refractivity contribution in [2.45, 2.75) is 35.8 Å². The molecule has 2 nitrogen and oxygen atoms in total. The Morgan fingerprint density at radius 1 is 1.31 bits per heavy atom. The first-order valence-electron chi connectivity index (χ1n) is 5.37. The van der Waals surface area contributed by atoms with Gasteiger partial charge in [0.2, 0.25) is 0 Å². The highest BCUT2D eigenvalue weighted by molar-refractivity contribution is 9.10. The van der Waals surface area contributed by atoms with E-state index in [0.29, 0.717) is 6.42 Å². The van der Waals surface area contributed by atoms with Gasteiger partial charge < -0.3 is 0 Å². The van der Waals surface area contributed by atoms with Crippen LogP contribution in [-0.2, 0) is 15.6 Å². The normalized spacial score (nSPS) is 23.1. The van der Waals surface area contributed by atoms with Gasteiger partial charge in [0.25, 0.3) is 0 Å². The Hall–Kier alpha value is -0.480. The van der Waals surface area contributed by atoms with Crippen LogP contribution < -0.4 is 0 Å². The Morgan fingerprint density at radius 3 is 2.81 bits per heavy atom. The standard InChI is InChI=1S/C12H13BrO2S/c13-9-4-3-5-10(8-9)16(15)12-7-2-1-6-11(12)14/h3-5,8,12H,1-2,6-7H2. The molecular weight excluding hydrogens is 288 g/mol. The van der Waals surface area contributed by atoms with Crippen LogP contribution >= 0.6 is 15.9 Å². The maximum absolute atomic E-state index is 12.2. The predicted octanol–water partition coefficient (Wildman–Crippen LogP) is 3.07. The Balaban J connectivity index is 2.21. The summed E-state index contributed by atoms with van der Waals surface area (Å²) in [5, 5.41) is -0.289. The zero-order valence-corrected chi connectivity index (χ0v) is 11.2. The summed E-state index contributed by atoms with van der Waals surface area (Å²) in [5.41, 5.74) is 0. The number of ketones is 1. The zero-order chi connectivity index (χ0) is 11.5. The first kappa shape index (κ1) is 12.0. The minimum Gasteiger partial charge on any atom is -0.298 e. The van der Waals surface area contributed by atoms with Gasteiger partial charge in [-0.25, -0.2) is 0 Å². The summed E-state index contributed by atoms with van der Waals surface area (Å²) in [5.74, 6) is 0.157. The average Bonchev–Trinajstić information content (AvgIpc) is 2.29. The fourth-order valence-electron chi connectivity index (χ4n) is 1.93. The van der Waals surface area contributed by atoms with E-state index in [4.69, 9.17) is 0 Å². The molecular formula is C12H13BrO2S. The molecule has 86 valence electrons. The molecule has 16 heavy (non-hydrogen) atoms. The van der Waals surface area contributed by atoms with Crippen LogP contribution in [0, 0.1) is 0 Å². The van der Waals surface area contributed by atoms with E-state index in [1.54, 1.807) is 0 Å². The lowest BCUT2D eigenvalue weighted by molar-refractivity contribution is -0.119. The lowest BCUT2D eigenvalue weighted by Crippen LogP contribution is -2.29. The van der Waals surface area contributed by atoms with Gasteiger partial charge in [0.05, 0.1) is 16.0 Å². The van der Waals surface area contributed by atoms with Crippen molar-refractivity contribution in [3.05, 3.63) is 28.7 Å². The summed E-state index contributed by atoms with van der Waals surface area (Å²) in [7, 11) is -1.19. The second kappa shape index (κ2) is 5.23. The van der Waals surface area contributed by atoms with Gasteiger partial charge in [-0.1, -0.05) is 28.4 Å². The molecule has 0 bridgehead atoms. The molecule has 1 aromatic rings. The maximum atomic E-state index is 12.2. The van der Waals surface area contributed by atoms with Crippen LogP contribution in [0.25, 0.3) is 0 Å². The number of benzene rings is 1. The molecule has 2 unspecified atom stereocenters. The van der Waals surface area contributed by atoms with E-state index in [-0.39, 0.29) is 11.0 Å². The molecule has 2 atom stereocenters. The molecule has 2 rings (SSSR count). The predicted molar refractivity (Wildman–Crippen MR) is 67.8 cm³/mol. The van der Waals surface area contributed by atoms with Crippen molar-refractivity contribution in [1.82, 2.24) is 0 Å². The molecule has 1 aromatic carbocycles. The molecule has 1 aliphatic rings. The summed E-state index contributed by atoms with van der Waals surface area (Å²) in [6.45, 7) is 0. The van der Waals surface area contributed by atoms with Crippen LogP contribution in [-0.4, -0.2) is 15.2 Å². The number of rotatable bonds is 2. The molecule has 0 amide bonds. The van der Waals surface area contributed by atoms with Gasteiger partial charge in [0, 0.05) is 15.8 Å². The van der Waals surface area contributed by atoms with E-state index in [0.717, 1.165) is 28.6 Å². The summed E-state index contributed by atoms with van der Waals surface area (Å²) in [4.78, 5) is 12.4. The van der Waals surface area contributed by atoms with E-state index in [1.165, 1.54) is 0 Å². The van der Waals surface area contributed by atoms with Crippen molar-refractivity contribution < 1.29 is 9.00 Å². The average molecular weight is 301 g/mol. The second-order valence-corrected chi connectivity index (χ2v) is 6.51. The monoisotopic (exact) mass is 300 g/mol. The van der Waals surface area contributed by atoms with Crippen LogP contribution in [0.4, 0.5) is 0 Å². The highest BCUT2D eigenvalue weighted by atomic mass is 79.9. The third kappa shape index (κ3) is 2.61. The molecule has 0 heterocycles. The lowest BCUT2D eigenvalue weighted by atomic mass is 9.99. The van der Waals surface area contributed by atoms with Gasteiger partial charge in [-0.3, -0.25) is 9.00 Å². The number of Topliss-reactive ketones (excluding diaryl/α,β-unsaturated/α-hetero) is 1. The number of hydrogen-bond acceptors (Lipinski definition) is 2. The Kier molecular flexibility index (Phi) is 3.92. The third-order valence-electron chi connectivity index (χ3n) is 2.79. The van der Waals surface area contributed by atoms with Crippen molar-refractivity contribution in [2.24, 2.45) is 0 Å². The van der Waals surface area contributed by atoms with Gasteiger partial charge in [0.1, 0.15) is 5.78 Å².